The molecule has 86 valence electrons. The molecule has 1 aromatic rings. The second-order valence-corrected chi connectivity index (χ2v) is 4.31. The lowest BCUT2D eigenvalue weighted by Crippen LogP contribution is -2.19. The lowest BCUT2D eigenvalue weighted by Gasteiger charge is -2.18. The topological polar surface area (TPSA) is 40.5 Å². The minimum Gasteiger partial charge on any atom is -0.478 e. The lowest BCUT2D eigenvalue weighted by molar-refractivity contribution is 0.0692. The van der Waals surface area contributed by atoms with Gasteiger partial charge in [0.05, 0.1) is 5.56 Å². The predicted molar refractivity (Wildman–Crippen MR) is 59.4 cm³/mol. The van der Waals surface area contributed by atoms with Crippen LogP contribution in [0.5, 0.6) is 0 Å². The van der Waals surface area contributed by atoms with Crippen molar-refractivity contribution in [2.75, 3.05) is 18.0 Å². The number of aromatic carboxylic acids is 1. The first-order valence-electron chi connectivity index (χ1n) is 5.35. The molecule has 0 amide bonds. The number of hydrogen-bond donors (Lipinski definition) is 1. The maximum absolute atomic E-state index is 13.4. The third kappa shape index (κ3) is 2.01. The second kappa shape index (κ2) is 4.12. The fraction of sp³-hybridized carbons (Fsp3) is 0.417. The van der Waals surface area contributed by atoms with Crippen LogP contribution in [0.2, 0.25) is 0 Å². The molecule has 1 heterocycles. The molecule has 0 spiro atoms. The standard InChI is InChI=1S/C12H14FNO2/c1-8-4-5-14(7-8)9-2-3-10(12(15)16)11(13)6-9/h2-3,6,8H,4-5,7H2,1H3,(H,15,16)/t8-/m0/s1. The van der Waals surface area contributed by atoms with E-state index in [0.29, 0.717) is 5.92 Å². The number of benzene rings is 1. The molecule has 1 saturated heterocycles. The molecule has 0 radical (unpaired) electrons. The number of anilines is 1. The van der Waals surface area contributed by atoms with Crippen LogP contribution in [0.15, 0.2) is 18.2 Å². The minimum atomic E-state index is -1.22. The van der Waals surface area contributed by atoms with Crippen LogP contribution in [0, 0.1) is 11.7 Å². The van der Waals surface area contributed by atoms with E-state index in [4.69, 9.17) is 5.11 Å². The SMILES string of the molecule is C[C@H]1CCN(c2ccc(C(=O)O)c(F)c2)C1. The summed E-state index contributed by atoms with van der Waals surface area (Å²) in [7, 11) is 0. The highest BCUT2D eigenvalue weighted by atomic mass is 19.1. The number of carboxylic acids is 1. The summed E-state index contributed by atoms with van der Waals surface area (Å²) in [6.07, 6.45) is 1.10. The summed E-state index contributed by atoms with van der Waals surface area (Å²) in [6, 6.07) is 4.31. The molecule has 0 bridgehead atoms. The van der Waals surface area contributed by atoms with Crippen LogP contribution < -0.4 is 4.90 Å². The smallest absolute Gasteiger partial charge is 0.338 e. The van der Waals surface area contributed by atoms with Crippen molar-refractivity contribution in [1.29, 1.82) is 0 Å². The Kier molecular flexibility index (Phi) is 2.81. The minimum absolute atomic E-state index is 0.268. The Hall–Kier alpha value is -1.58. The van der Waals surface area contributed by atoms with Gasteiger partial charge in [0.1, 0.15) is 5.82 Å². The average Bonchev–Trinajstić information content (AvgIpc) is 2.64. The monoisotopic (exact) mass is 223 g/mol. The van der Waals surface area contributed by atoms with E-state index in [1.54, 1.807) is 6.07 Å². The Bertz CT molecular complexity index is 419. The molecule has 0 unspecified atom stereocenters. The number of carboxylic acid groups (broad SMARTS) is 1. The Labute approximate surface area is 93.5 Å². The molecule has 4 heteroatoms. The van der Waals surface area contributed by atoms with Crippen LogP contribution in [-0.4, -0.2) is 24.2 Å². The van der Waals surface area contributed by atoms with Gasteiger partial charge < -0.3 is 10.0 Å². The molecule has 1 fully saturated rings. The largest absolute Gasteiger partial charge is 0.478 e. The highest BCUT2D eigenvalue weighted by Gasteiger charge is 2.20. The van der Waals surface area contributed by atoms with Crippen molar-refractivity contribution in [1.82, 2.24) is 0 Å². The van der Waals surface area contributed by atoms with E-state index in [1.807, 2.05) is 0 Å². The van der Waals surface area contributed by atoms with E-state index in [1.165, 1.54) is 12.1 Å². The van der Waals surface area contributed by atoms with Crippen molar-refractivity contribution in [2.24, 2.45) is 5.92 Å². The zero-order valence-corrected chi connectivity index (χ0v) is 9.11. The van der Waals surface area contributed by atoms with Gasteiger partial charge >= 0.3 is 5.97 Å². The molecule has 2 rings (SSSR count). The van der Waals surface area contributed by atoms with Gasteiger partial charge in [-0.15, -0.1) is 0 Å². The molecule has 1 atom stereocenters. The molecule has 1 aliphatic rings. The van der Waals surface area contributed by atoms with Crippen molar-refractivity contribution in [3.8, 4) is 0 Å². The second-order valence-electron chi connectivity index (χ2n) is 4.31. The molecule has 3 nitrogen and oxygen atoms in total. The number of rotatable bonds is 2. The highest BCUT2D eigenvalue weighted by Crippen LogP contribution is 2.25. The van der Waals surface area contributed by atoms with Gasteiger partial charge in [0.25, 0.3) is 0 Å². The first-order chi connectivity index (χ1) is 7.58. The third-order valence-electron chi connectivity index (χ3n) is 2.97. The van der Waals surface area contributed by atoms with Crippen LogP contribution in [0.25, 0.3) is 0 Å². The van der Waals surface area contributed by atoms with Crippen LogP contribution >= 0.6 is 0 Å². The van der Waals surface area contributed by atoms with Crippen LogP contribution in [-0.2, 0) is 0 Å². The quantitative estimate of drug-likeness (QED) is 0.836. The summed E-state index contributed by atoms with van der Waals surface area (Å²) >= 11 is 0. The van der Waals surface area contributed by atoms with E-state index in [0.717, 1.165) is 25.2 Å². The van der Waals surface area contributed by atoms with Gasteiger partial charge in [0.2, 0.25) is 0 Å². The molecule has 1 N–H and O–H groups in total. The highest BCUT2D eigenvalue weighted by molar-refractivity contribution is 5.88. The van der Waals surface area contributed by atoms with Gasteiger partial charge in [-0.3, -0.25) is 0 Å². The van der Waals surface area contributed by atoms with Gasteiger partial charge in [-0.2, -0.15) is 0 Å². The van der Waals surface area contributed by atoms with Gasteiger partial charge in [0.15, 0.2) is 0 Å². The number of hydrogen-bond acceptors (Lipinski definition) is 2. The summed E-state index contributed by atoms with van der Waals surface area (Å²) < 4.78 is 13.4. The van der Waals surface area contributed by atoms with Crippen molar-refractivity contribution in [3.05, 3.63) is 29.6 Å². The molecule has 0 aromatic heterocycles. The maximum Gasteiger partial charge on any atom is 0.338 e. The van der Waals surface area contributed by atoms with Gasteiger partial charge in [-0.05, 0) is 30.5 Å². The average molecular weight is 223 g/mol. The Morgan fingerprint density at radius 2 is 2.31 bits per heavy atom. The maximum atomic E-state index is 13.4. The first kappa shape index (κ1) is 10.9. The Balaban J connectivity index is 2.24. The van der Waals surface area contributed by atoms with Crippen molar-refractivity contribution < 1.29 is 14.3 Å². The number of carbonyl (C=O) groups is 1. The Morgan fingerprint density at radius 3 is 2.81 bits per heavy atom. The van der Waals surface area contributed by atoms with E-state index < -0.39 is 11.8 Å². The zero-order chi connectivity index (χ0) is 11.7. The predicted octanol–water partition coefficient (Wildman–Crippen LogP) is 2.37. The summed E-state index contributed by atoms with van der Waals surface area (Å²) in [4.78, 5) is 12.7. The number of nitrogens with zero attached hydrogens (tertiary/aromatic N) is 1. The fourth-order valence-corrected chi connectivity index (χ4v) is 2.04. The van der Waals surface area contributed by atoms with Crippen molar-refractivity contribution in [2.45, 2.75) is 13.3 Å². The molecule has 0 aliphatic carbocycles. The van der Waals surface area contributed by atoms with E-state index in [2.05, 4.69) is 11.8 Å². The van der Waals surface area contributed by atoms with Crippen molar-refractivity contribution >= 4 is 11.7 Å². The van der Waals surface area contributed by atoms with E-state index in [9.17, 15) is 9.18 Å². The fourth-order valence-electron chi connectivity index (χ4n) is 2.04. The summed E-state index contributed by atoms with van der Waals surface area (Å²) in [5.74, 6) is -1.27. The normalized spacial score (nSPS) is 20.1. The third-order valence-corrected chi connectivity index (χ3v) is 2.97. The lowest BCUT2D eigenvalue weighted by atomic mass is 10.1. The van der Waals surface area contributed by atoms with Crippen LogP contribution in [0.1, 0.15) is 23.7 Å². The van der Waals surface area contributed by atoms with Gasteiger partial charge in [0, 0.05) is 18.8 Å². The molecular formula is C12H14FNO2. The number of halogens is 1. The van der Waals surface area contributed by atoms with Crippen LogP contribution in [0.3, 0.4) is 0 Å². The summed E-state index contributed by atoms with van der Waals surface area (Å²) in [5.41, 5.74) is 0.503. The summed E-state index contributed by atoms with van der Waals surface area (Å²) in [6.45, 7) is 3.97. The van der Waals surface area contributed by atoms with E-state index >= 15 is 0 Å². The van der Waals surface area contributed by atoms with Crippen LogP contribution in [0.4, 0.5) is 10.1 Å². The summed E-state index contributed by atoms with van der Waals surface area (Å²) in [5, 5.41) is 8.71. The van der Waals surface area contributed by atoms with Gasteiger partial charge in [-0.1, -0.05) is 6.92 Å². The first-order valence-corrected chi connectivity index (χ1v) is 5.35. The molecule has 1 aliphatic heterocycles. The molecule has 16 heavy (non-hydrogen) atoms. The zero-order valence-electron chi connectivity index (χ0n) is 9.11. The van der Waals surface area contributed by atoms with E-state index in [-0.39, 0.29) is 5.56 Å². The molecular weight excluding hydrogens is 209 g/mol. The van der Waals surface area contributed by atoms with Gasteiger partial charge in [-0.25, -0.2) is 9.18 Å². The molecule has 0 saturated carbocycles. The molecule has 1 aromatic carbocycles. The van der Waals surface area contributed by atoms with Crippen molar-refractivity contribution in [3.63, 3.8) is 0 Å². The Morgan fingerprint density at radius 1 is 1.56 bits per heavy atom.